The van der Waals surface area contributed by atoms with Gasteiger partial charge in [0.1, 0.15) is 12.2 Å². The number of carbonyl (C=O) groups is 2. The fourth-order valence-electron chi connectivity index (χ4n) is 2.47. The van der Waals surface area contributed by atoms with Crippen LogP contribution in [0.25, 0.3) is 0 Å². The maximum atomic E-state index is 12.3. The standard InChI is InChI=1S/C22H25N3O3/c1-15(2)18-6-10-20(11-7-18)28-16(3)22(27)25-19-8-4-17(5-9-19)14-24-21(26)12-13-23/h4-11,15-16H,12,14H2,1-3H3,(H,24,26)(H,25,27). The van der Waals surface area contributed by atoms with E-state index in [-0.39, 0.29) is 18.2 Å². The number of amides is 2. The largest absolute Gasteiger partial charge is 0.481 e. The number of ether oxygens (including phenoxy) is 1. The van der Waals surface area contributed by atoms with E-state index < -0.39 is 6.10 Å². The molecule has 0 aliphatic carbocycles. The number of anilines is 1. The zero-order valence-corrected chi connectivity index (χ0v) is 16.4. The summed E-state index contributed by atoms with van der Waals surface area (Å²) in [5.41, 5.74) is 2.73. The Morgan fingerprint density at radius 3 is 2.25 bits per heavy atom. The minimum atomic E-state index is -0.644. The first-order chi connectivity index (χ1) is 13.4. The number of nitrogens with zero attached hydrogens (tertiary/aromatic N) is 1. The predicted octanol–water partition coefficient (Wildman–Crippen LogP) is 3.75. The van der Waals surface area contributed by atoms with E-state index in [9.17, 15) is 9.59 Å². The van der Waals surface area contributed by atoms with E-state index in [1.165, 1.54) is 5.56 Å². The molecule has 6 heteroatoms. The van der Waals surface area contributed by atoms with Gasteiger partial charge in [0.15, 0.2) is 6.10 Å². The van der Waals surface area contributed by atoms with E-state index >= 15 is 0 Å². The fourth-order valence-corrected chi connectivity index (χ4v) is 2.47. The van der Waals surface area contributed by atoms with Crippen molar-refractivity contribution in [2.45, 2.75) is 45.8 Å². The molecule has 0 aromatic heterocycles. The summed E-state index contributed by atoms with van der Waals surface area (Å²) in [5.74, 6) is 0.531. The lowest BCUT2D eigenvalue weighted by Crippen LogP contribution is -2.30. The van der Waals surface area contributed by atoms with Crippen molar-refractivity contribution in [2.75, 3.05) is 5.32 Å². The minimum Gasteiger partial charge on any atom is -0.481 e. The highest BCUT2D eigenvalue weighted by molar-refractivity contribution is 5.94. The Bertz CT molecular complexity index is 837. The van der Waals surface area contributed by atoms with Crippen LogP contribution in [0.2, 0.25) is 0 Å². The lowest BCUT2D eigenvalue weighted by atomic mass is 10.0. The van der Waals surface area contributed by atoms with E-state index in [0.29, 0.717) is 23.9 Å². The maximum Gasteiger partial charge on any atom is 0.265 e. The number of rotatable bonds is 8. The summed E-state index contributed by atoms with van der Waals surface area (Å²) in [6, 6.07) is 16.7. The van der Waals surface area contributed by atoms with Gasteiger partial charge in [-0.1, -0.05) is 38.1 Å². The van der Waals surface area contributed by atoms with E-state index in [1.54, 1.807) is 37.3 Å². The zero-order chi connectivity index (χ0) is 20.5. The van der Waals surface area contributed by atoms with Crippen LogP contribution in [0, 0.1) is 11.3 Å². The average molecular weight is 379 g/mol. The van der Waals surface area contributed by atoms with Gasteiger partial charge in [-0.25, -0.2) is 0 Å². The van der Waals surface area contributed by atoms with Crippen molar-refractivity contribution in [3.05, 3.63) is 59.7 Å². The van der Waals surface area contributed by atoms with Crippen LogP contribution < -0.4 is 15.4 Å². The molecule has 6 nitrogen and oxygen atoms in total. The number of carbonyl (C=O) groups excluding carboxylic acids is 2. The van der Waals surface area contributed by atoms with Gasteiger partial charge in [-0.15, -0.1) is 0 Å². The summed E-state index contributed by atoms with van der Waals surface area (Å²) in [6.45, 7) is 6.28. The van der Waals surface area contributed by atoms with Crippen LogP contribution in [0.1, 0.15) is 44.2 Å². The zero-order valence-electron chi connectivity index (χ0n) is 16.4. The van der Waals surface area contributed by atoms with E-state index in [4.69, 9.17) is 10.00 Å². The predicted molar refractivity (Wildman–Crippen MR) is 108 cm³/mol. The third kappa shape index (κ3) is 6.44. The molecule has 0 fully saturated rings. The Kier molecular flexibility index (Phi) is 7.58. The van der Waals surface area contributed by atoms with Crippen molar-refractivity contribution in [2.24, 2.45) is 0 Å². The van der Waals surface area contributed by atoms with Crippen molar-refractivity contribution in [1.82, 2.24) is 5.32 Å². The second kappa shape index (κ2) is 10.1. The second-order valence-electron chi connectivity index (χ2n) is 6.78. The first-order valence-corrected chi connectivity index (χ1v) is 9.19. The van der Waals surface area contributed by atoms with Crippen LogP contribution in [-0.4, -0.2) is 17.9 Å². The first kappa shape index (κ1) is 21.0. The van der Waals surface area contributed by atoms with Gasteiger partial charge in [0.2, 0.25) is 5.91 Å². The fraction of sp³-hybridized carbons (Fsp3) is 0.318. The normalized spacial score (nSPS) is 11.4. The molecule has 0 spiro atoms. The van der Waals surface area contributed by atoms with Crippen molar-refractivity contribution < 1.29 is 14.3 Å². The first-order valence-electron chi connectivity index (χ1n) is 9.19. The Labute approximate surface area is 165 Å². The highest BCUT2D eigenvalue weighted by atomic mass is 16.5. The molecule has 2 amide bonds. The van der Waals surface area contributed by atoms with Crippen molar-refractivity contribution >= 4 is 17.5 Å². The molecule has 0 aliphatic heterocycles. The van der Waals surface area contributed by atoms with Gasteiger partial charge in [-0.2, -0.15) is 5.26 Å². The van der Waals surface area contributed by atoms with Gasteiger partial charge >= 0.3 is 0 Å². The van der Waals surface area contributed by atoms with Gasteiger partial charge in [0.05, 0.1) is 6.07 Å². The molecular weight excluding hydrogens is 354 g/mol. The molecule has 0 saturated carbocycles. The number of hydrogen-bond acceptors (Lipinski definition) is 4. The highest BCUT2D eigenvalue weighted by Gasteiger charge is 2.15. The van der Waals surface area contributed by atoms with Crippen LogP contribution in [0.4, 0.5) is 5.69 Å². The monoisotopic (exact) mass is 379 g/mol. The third-order valence-corrected chi connectivity index (χ3v) is 4.18. The SMILES string of the molecule is CC(Oc1ccc(C(C)C)cc1)C(=O)Nc1ccc(CNC(=O)CC#N)cc1. The second-order valence-corrected chi connectivity index (χ2v) is 6.78. The van der Waals surface area contributed by atoms with Crippen LogP contribution in [0.15, 0.2) is 48.5 Å². The number of hydrogen-bond donors (Lipinski definition) is 2. The van der Waals surface area contributed by atoms with Gasteiger partial charge < -0.3 is 15.4 Å². The van der Waals surface area contributed by atoms with Crippen molar-refractivity contribution in [3.8, 4) is 11.8 Å². The molecular formula is C22H25N3O3. The van der Waals surface area contributed by atoms with E-state index in [0.717, 1.165) is 5.56 Å². The minimum absolute atomic E-state index is 0.160. The number of nitrogens with one attached hydrogen (secondary N) is 2. The van der Waals surface area contributed by atoms with Gasteiger partial charge in [-0.3, -0.25) is 9.59 Å². The molecule has 2 N–H and O–H groups in total. The molecule has 0 bridgehead atoms. The molecule has 28 heavy (non-hydrogen) atoms. The Balaban J connectivity index is 1.86. The van der Waals surface area contributed by atoms with E-state index in [2.05, 4.69) is 24.5 Å². The molecule has 1 atom stereocenters. The quantitative estimate of drug-likeness (QED) is 0.731. The van der Waals surface area contributed by atoms with Crippen LogP contribution in [-0.2, 0) is 16.1 Å². The number of nitriles is 1. The molecule has 0 heterocycles. The summed E-state index contributed by atoms with van der Waals surface area (Å²) in [5, 5.41) is 13.9. The van der Waals surface area contributed by atoms with Crippen molar-refractivity contribution in [1.29, 1.82) is 5.26 Å². The summed E-state index contributed by atoms with van der Waals surface area (Å²) >= 11 is 0. The topological polar surface area (TPSA) is 91.2 Å². The highest BCUT2D eigenvalue weighted by Crippen LogP contribution is 2.20. The van der Waals surface area contributed by atoms with Crippen molar-refractivity contribution in [3.63, 3.8) is 0 Å². The van der Waals surface area contributed by atoms with Gasteiger partial charge in [-0.05, 0) is 48.2 Å². The van der Waals surface area contributed by atoms with Gasteiger partial charge in [0.25, 0.3) is 5.91 Å². The summed E-state index contributed by atoms with van der Waals surface area (Å²) < 4.78 is 5.71. The van der Waals surface area contributed by atoms with Crippen LogP contribution in [0.3, 0.4) is 0 Å². The Hall–Kier alpha value is -3.33. The Morgan fingerprint density at radius 1 is 1.04 bits per heavy atom. The van der Waals surface area contributed by atoms with Crippen LogP contribution >= 0.6 is 0 Å². The third-order valence-electron chi connectivity index (χ3n) is 4.18. The Morgan fingerprint density at radius 2 is 1.68 bits per heavy atom. The van der Waals surface area contributed by atoms with E-state index in [1.807, 2.05) is 24.3 Å². The smallest absolute Gasteiger partial charge is 0.265 e. The van der Waals surface area contributed by atoms with Gasteiger partial charge in [0, 0.05) is 12.2 Å². The lowest BCUT2D eigenvalue weighted by Gasteiger charge is -2.15. The summed E-state index contributed by atoms with van der Waals surface area (Å²) in [4.78, 5) is 23.6. The lowest BCUT2D eigenvalue weighted by molar-refractivity contribution is -0.122. The van der Waals surface area contributed by atoms with Crippen LogP contribution in [0.5, 0.6) is 5.75 Å². The molecule has 0 radical (unpaired) electrons. The molecule has 2 aromatic carbocycles. The molecule has 2 aromatic rings. The average Bonchev–Trinajstić information content (AvgIpc) is 2.68. The molecule has 0 saturated heterocycles. The number of benzene rings is 2. The molecule has 0 aliphatic rings. The maximum absolute atomic E-state index is 12.3. The molecule has 1 unspecified atom stereocenters. The summed E-state index contributed by atoms with van der Waals surface area (Å²) in [6.07, 6.45) is -0.804. The molecule has 2 rings (SSSR count). The molecule has 146 valence electrons. The summed E-state index contributed by atoms with van der Waals surface area (Å²) in [7, 11) is 0.